The van der Waals surface area contributed by atoms with Gasteiger partial charge >= 0.3 is 5.97 Å². The van der Waals surface area contributed by atoms with Crippen LogP contribution < -0.4 is 0 Å². The molecule has 0 spiro atoms. The minimum absolute atomic E-state index is 0.0681. The highest BCUT2D eigenvalue weighted by Crippen LogP contribution is 2.44. The molecule has 2 fully saturated rings. The highest BCUT2D eigenvalue weighted by Gasteiger charge is 2.56. The van der Waals surface area contributed by atoms with Crippen LogP contribution in [0.5, 0.6) is 0 Å². The van der Waals surface area contributed by atoms with Crippen LogP contribution in [0.1, 0.15) is 18.4 Å². The van der Waals surface area contributed by atoms with E-state index in [1.807, 2.05) is 0 Å². The first-order valence-corrected chi connectivity index (χ1v) is 7.61. The van der Waals surface area contributed by atoms with Crippen LogP contribution >= 0.6 is 0 Å². The SMILES string of the molecule is O=CCN(Cc1ccncc1)C(=O)C1C2CCC(O2)C1C(=O)O. The summed E-state index contributed by atoms with van der Waals surface area (Å²) in [6.07, 6.45) is 4.48. The lowest BCUT2D eigenvalue weighted by molar-refractivity contribution is -0.151. The molecular formula is C16H18N2O5. The van der Waals surface area contributed by atoms with E-state index in [4.69, 9.17) is 4.74 Å². The average Bonchev–Trinajstić information content (AvgIpc) is 3.15. The highest BCUT2D eigenvalue weighted by molar-refractivity contribution is 5.87. The van der Waals surface area contributed by atoms with Crippen LogP contribution in [0.25, 0.3) is 0 Å². The van der Waals surface area contributed by atoms with Gasteiger partial charge < -0.3 is 19.5 Å². The highest BCUT2D eigenvalue weighted by atomic mass is 16.5. The molecule has 7 nitrogen and oxygen atoms in total. The maximum absolute atomic E-state index is 12.9. The van der Waals surface area contributed by atoms with Crippen LogP contribution in [0.4, 0.5) is 0 Å². The van der Waals surface area contributed by atoms with E-state index in [9.17, 15) is 19.5 Å². The topological polar surface area (TPSA) is 96.8 Å². The summed E-state index contributed by atoms with van der Waals surface area (Å²) in [5.41, 5.74) is 0.839. The zero-order valence-electron chi connectivity index (χ0n) is 12.5. The second-order valence-corrected chi connectivity index (χ2v) is 5.92. The van der Waals surface area contributed by atoms with Crippen LogP contribution in [0.3, 0.4) is 0 Å². The predicted molar refractivity (Wildman–Crippen MR) is 78.2 cm³/mol. The Morgan fingerprint density at radius 2 is 1.91 bits per heavy atom. The van der Waals surface area contributed by atoms with Crippen molar-refractivity contribution in [1.29, 1.82) is 0 Å². The lowest BCUT2D eigenvalue weighted by Crippen LogP contribution is -2.46. The number of carbonyl (C=O) groups is 3. The summed E-state index contributed by atoms with van der Waals surface area (Å²) in [5, 5.41) is 9.43. The van der Waals surface area contributed by atoms with Gasteiger partial charge in [0.15, 0.2) is 0 Å². The molecule has 2 bridgehead atoms. The molecule has 0 radical (unpaired) electrons. The quantitative estimate of drug-likeness (QED) is 0.767. The molecule has 0 saturated carbocycles. The first-order valence-electron chi connectivity index (χ1n) is 7.61. The molecule has 3 heterocycles. The number of fused-ring (bicyclic) bond motifs is 2. The smallest absolute Gasteiger partial charge is 0.310 e. The first kappa shape index (κ1) is 15.6. The average molecular weight is 318 g/mol. The number of aliphatic carboxylic acids is 1. The maximum Gasteiger partial charge on any atom is 0.310 e. The van der Waals surface area contributed by atoms with E-state index in [1.54, 1.807) is 24.5 Å². The van der Waals surface area contributed by atoms with E-state index in [2.05, 4.69) is 4.98 Å². The fourth-order valence-corrected chi connectivity index (χ4v) is 3.55. The predicted octanol–water partition coefficient (Wildman–Crippen LogP) is 0.487. The molecule has 7 heteroatoms. The van der Waals surface area contributed by atoms with Gasteiger partial charge in [0.25, 0.3) is 0 Å². The van der Waals surface area contributed by atoms with Gasteiger partial charge in [0.2, 0.25) is 5.91 Å². The van der Waals surface area contributed by atoms with Crippen molar-refractivity contribution in [3.05, 3.63) is 30.1 Å². The van der Waals surface area contributed by atoms with Crippen molar-refractivity contribution < 1.29 is 24.2 Å². The Bertz CT molecular complexity index is 606. The molecule has 1 aromatic heterocycles. The second-order valence-electron chi connectivity index (χ2n) is 5.92. The van der Waals surface area contributed by atoms with Crippen molar-refractivity contribution in [2.24, 2.45) is 11.8 Å². The number of nitrogens with zero attached hydrogens (tertiary/aromatic N) is 2. The Hall–Kier alpha value is -2.28. The van der Waals surface area contributed by atoms with E-state index in [1.165, 1.54) is 4.90 Å². The largest absolute Gasteiger partial charge is 0.481 e. The summed E-state index contributed by atoms with van der Waals surface area (Å²) in [5.74, 6) is -2.88. The molecule has 1 N–H and O–H groups in total. The summed E-state index contributed by atoms with van der Waals surface area (Å²) >= 11 is 0. The van der Waals surface area contributed by atoms with Gasteiger partial charge in [-0.05, 0) is 30.5 Å². The lowest BCUT2D eigenvalue weighted by atomic mass is 9.78. The van der Waals surface area contributed by atoms with Crippen LogP contribution in [0.15, 0.2) is 24.5 Å². The van der Waals surface area contributed by atoms with Gasteiger partial charge in [-0.25, -0.2) is 0 Å². The van der Waals surface area contributed by atoms with Crippen molar-refractivity contribution in [3.63, 3.8) is 0 Å². The summed E-state index contributed by atoms with van der Waals surface area (Å²) in [6, 6.07) is 3.52. The Kier molecular flexibility index (Phi) is 4.38. The van der Waals surface area contributed by atoms with Crippen LogP contribution in [-0.4, -0.2) is 51.9 Å². The zero-order chi connectivity index (χ0) is 16.4. The van der Waals surface area contributed by atoms with E-state index in [-0.39, 0.29) is 25.1 Å². The number of rotatable bonds is 6. The van der Waals surface area contributed by atoms with Crippen LogP contribution in [0, 0.1) is 11.8 Å². The molecule has 1 aromatic rings. The number of pyridine rings is 1. The van der Waals surface area contributed by atoms with Gasteiger partial charge in [-0.2, -0.15) is 0 Å². The number of hydrogen-bond donors (Lipinski definition) is 1. The summed E-state index contributed by atoms with van der Waals surface area (Å²) in [6.45, 7) is 0.182. The van der Waals surface area contributed by atoms with Crippen molar-refractivity contribution in [2.75, 3.05) is 6.54 Å². The molecule has 1 amide bonds. The molecular weight excluding hydrogens is 300 g/mol. The molecule has 3 rings (SSSR count). The summed E-state index contributed by atoms with van der Waals surface area (Å²) < 4.78 is 5.63. The second kappa shape index (κ2) is 6.45. The minimum atomic E-state index is -1.01. The minimum Gasteiger partial charge on any atom is -0.481 e. The van der Waals surface area contributed by atoms with Crippen molar-refractivity contribution in [1.82, 2.24) is 9.88 Å². The summed E-state index contributed by atoms with van der Waals surface area (Å²) in [7, 11) is 0. The lowest BCUT2D eigenvalue weighted by Gasteiger charge is -2.29. The third-order valence-corrected chi connectivity index (χ3v) is 4.57. The standard InChI is InChI=1S/C16H18N2O5/c19-8-7-18(9-10-3-5-17-6-4-10)15(20)13-11-1-2-12(23-11)14(13)16(21)22/h3-6,8,11-14H,1-2,7,9H2,(H,21,22). The number of ether oxygens (including phenoxy) is 1. The number of aromatic nitrogens is 1. The van der Waals surface area contributed by atoms with Gasteiger partial charge in [-0.3, -0.25) is 14.6 Å². The first-order chi connectivity index (χ1) is 11.1. The zero-order valence-corrected chi connectivity index (χ0v) is 12.5. The Balaban J connectivity index is 1.80. The van der Waals surface area contributed by atoms with Gasteiger partial charge in [0, 0.05) is 18.9 Å². The van der Waals surface area contributed by atoms with E-state index < -0.39 is 23.9 Å². The van der Waals surface area contributed by atoms with Gasteiger partial charge in [0.05, 0.1) is 30.6 Å². The molecule has 122 valence electrons. The molecule has 0 aliphatic carbocycles. The van der Waals surface area contributed by atoms with E-state index in [0.717, 1.165) is 5.56 Å². The van der Waals surface area contributed by atoms with Crippen molar-refractivity contribution in [2.45, 2.75) is 31.6 Å². The number of carbonyl (C=O) groups excluding carboxylic acids is 2. The fourth-order valence-electron chi connectivity index (χ4n) is 3.55. The Morgan fingerprint density at radius 1 is 1.26 bits per heavy atom. The number of carboxylic acids is 1. The van der Waals surface area contributed by atoms with Gasteiger partial charge in [-0.15, -0.1) is 0 Å². The number of hydrogen-bond acceptors (Lipinski definition) is 5. The third kappa shape index (κ3) is 2.96. The van der Waals surface area contributed by atoms with Gasteiger partial charge in [-0.1, -0.05) is 0 Å². The normalized spacial score (nSPS) is 28.5. The number of carboxylic acid groups (broad SMARTS) is 1. The maximum atomic E-state index is 12.9. The number of aldehydes is 1. The van der Waals surface area contributed by atoms with Crippen molar-refractivity contribution >= 4 is 18.2 Å². The van der Waals surface area contributed by atoms with Crippen LogP contribution in [-0.2, 0) is 25.7 Å². The van der Waals surface area contributed by atoms with E-state index in [0.29, 0.717) is 19.1 Å². The Labute approximate surface area is 133 Å². The molecule has 4 atom stereocenters. The third-order valence-electron chi connectivity index (χ3n) is 4.57. The number of amides is 1. The van der Waals surface area contributed by atoms with Crippen molar-refractivity contribution in [3.8, 4) is 0 Å². The molecule has 2 saturated heterocycles. The van der Waals surface area contributed by atoms with E-state index >= 15 is 0 Å². The molecule has 0 aromatic carbocycles. The summed E-state index contributed by atoms with van der Waals surface area (Å²) in [4.78, 5) is 40.6. The fraction of sp³-hybridized carbons (Fsp3) is 0.500. The molecule has 4 unspecified atom stereocenters. The monoisotopic (exact) mass is 318 g/mol. The van der Waals surface area contributed by atoms with Crippen LogP contribution in [0.2, 0.25) is 0 Å². The molecule has 23 heavy (non-hydrogen) atoms. The molecule has 2 aliphatic heterocycles. The van der Waals surface area contributed by atoms with Gasteiger partial charge in [0.1, 0.15) is 6.29 Å². The molecule has 2 aliphatic rings. The Morgan fingerprint density at radius 3 is 2.52 bits per heavy atom.